The minimum absolute atomic E-state index is 0.258. The maximum absolute atomic E-state index is 5.61. The SMILES string of the molecule is CCC1CNC(C(C)(C)C)CN1c1cc(C)ccc1OC. The summed E-state index contributed by atoms with van der Waals surface area (Å²) < 4.78 is 5.61. The minimum Gasteiger partial charge on any atom is -0.495 e. The van der Waals surface area contributed by atoms with E-state index in [2.05, 4.69) is 63.0 Å². The van der Waals surface area contributed by atoms with Crippen LogP contribution in [0.4, 0.5) is 5.69 Å². The van der Waals surface area contributed by atoms with E-state index < -0.39 is 0 Å². The van der Waals surface area contributed by atoms with Crippen LogP contribution in [-0.2, 0) is 0 Å². The summed E-state index contributed by atoms with van der Waals surface area (Å²) in [5.41, 5.74) is 2.78. The van der Waals surface area contributed by atoms with Gasteiger partial charge >= 0.3 is 0 Å². The summed E-state index contributed by atoms with van der Waals surface area (Å²) in [5, 5.41) is 3.73. The normalized spacial score (nSPS) is 23.2. The van der Waals surface area contributed by atoms with Gasteiger partial charge in [-0.25, -0.2) is 0 Å². The smallest absolute Gasteiger partial charge is 0.142 e. The average molecular weight is 290 g/mol. The van der Waals surface area contributed by atoms with Gasteiger partial charge in [0.2, 0.25) is 0 Å². The van der Waals surface area contributed by atoms with E-state index in [0.717, 1.165) is 25.3 Å². The summed E-state index contributed by atoms with van der Waals surface area (Å²) in [5.74, 6) is 0.980. The first-order valence-corrected chi connectivity index (χ1v) is 8.01. The van der Waals surface area contributed by atoms with Crippen molar-refractivity contribution in [1.29, 1.82) is 0 Å². The number of anilines is 1. The number of aryl methyl sites for hydroxylation is 1. The summed E-state index contributed by atoms with van der Waals surface area (Å²) >= 11 is 0. The minimum atomic E-state index is 0.258. The number of hydrogen-bond acceptors (Lipinski definition) is 3. The van der Waals surface area contributed by atoms with Crippen molar-refractivity contribution in [3.63, 3.8) is 0 Å². The van der Waals surface area contributed by atoms with Crippen LogP contribution in [0.25, 0.3) is 0 Å². The summed E-state index contributed by atoms with van der Waals surface area (Å²) in [6.45, 7) is 13.4. The summed E-state index contributed by atoms with van der Waals surface area (Å²) in [7, 11) is 1.76. The predicted molar refractivity (Wildman–Crippen MR) is 90.4 cm³/mol. The molecule has 1 aromatic carbocycles. The van der Waals surface area contributed by atoms with E-state index in [-0.39, 0.29) is 5.41 Å². The van der Waals surface area contributed by atoms with Crippen LogP contribution in [0.1, 0.15) is 39.7 Å². The molecule has 0 spiro atoms. The molecule has 1 aromatic rings. The highest BCUT2D eigenvalue weighted by molar-refractivity contribution is 5.61. The van der Waals surface area contributed by atoms with Crippen LogP contribution < -0.4 is 15.0 Å². The Labute approximate surface area is 129 Å². The van der Waals surface area contributed by atoms with Gasteiger partial charge in [-0.2, -0.15) is 0 Å². The van der Waals surface area contributed by atoms with Crippen molar-refractivity contribution in [2.75, 3.05) is 25.1 Å². The number of hydrogen-bond donors (Lipinski definition) is 1. The third-order valence-electron chi connectivity index (χ3n) is 4.58. The van der Waals surface area contributed by atoms with E-state index >= 15 is 0 Å². The van der Waals surface area contributed by atoms with Crippen LogP contribution in [0.3, 0.4) is 0 Å². The van der Waals surface area contributed by atoms with E-state index in [1.807, 2.05) is 0 Å². The van der Waals surface area contributed by atoms with Crippen LogP contribution in [0.15, 0.2) is 18.2 Å². The Bertz CT molecular complexity index is 479. The second-order valence-electron chi connectivity index (χ2n) is 7.22. The molecule has 2 rings (SSSR count). The topological polar surface area (TPSA) is 24.5 Å². The number of rotatable bonds is 3. The van der Waals surface area contributed by atoms with Gasteiger partial charge < -0.3 is 15.0 Å². The molecule has 2 atom stereocenters. The molecule has 3 nitrogen and oxygen atoms in total. The number of nitrogens with one attached hydrogen (secondary N) is 1. The van der Waals surface area contributed by atoms with E-state index in [9.17, 15) is 0 Å². The van der Waals surface area contributed by atoms with E-state index in [1.165, 1.54) is 11.3 Å². The van der Waals surface area contributed by atoms with Gasteiger partial charge in [0.1, 0.15) is 5.75 Å². The van der Waals surface area contributed by atoms with Crippen LogP contribution in [0, 0.1) is 12.3 Å². The Kier molecular flexibility index (Phi) is 4.82. The molecular weight excluding hydrogens is 260 g/mol. The van der Waals surface area contributed by atoms with Gasteiger partial charge in [-0.15, -0.1) is 0 Å². The molecule has 0 saturated carbocycles. The lowest BCUT2D eigenvalue weighted by Gasteiger charge is -2.46. The molecule has 3 heteroatoms. The fraction of sp³-hybridized carbons (Fsp3) is 0.667. The molecule has 21 heavy (non-hydrogen) atoms. The lowest BCUT2D eigenvalue weighted by molar-refractivity contribution is 0.233. The van der Waals surface area contributed by atoms with Gasteiger partial charge in [0.15, 0.2) is 0 Å². The molecule has 0 amide bonds. The van der Waals surface area contributed by atoms with E-state index in [0.29, 0.717) is 12.1 Å². The Hall–Kier alpha value is -1.22. The lowest BCUT2D eigenvalue weighted by Crippen LogP contribution is -2.60. The maximum atomic E-state index is 5.61. The van der Waals surface area contributed by atoms with Crippen molar-refractivity contribution in [2.45, 2.75) is 53.1 Å². The molecule has 1 N–H and O–H groups in total. The van der Waals surface area contributed by atoms with Gasteiger partial charge in [0.25, 0.3) is 0 Å². The fourth-order valence-corrected chi connectivity index (χ4v) is 3.06. The number of piperazine rings is 1. The molecule has 1 aliphatic heterocycles. The predicted octanol–water partition coefficient (Wildman–Crippen LogP) is 3.61. The van der Waals surface area contributed by atoms with E-state index in [4.69, 9.17) is 4.74 Å². The molecule has 1 aliphatic rings. The first kappa shape index (κ1) is 16.2. The summed E-state index contributed by atoms with van der Waals surface area (Å²) in [6, 6.07) is 7.48. The van der Waals surface area contributed by atoms with Gasteiger partial charge in [0, 0.05) is 25.2 Å². The van der Waals surface area contributed by atoms with Crippen LogP contribution in [-0.4, -0.2) is 32.3 Å². The van der Waals surface area contributed by atoms with Gasteiger partial charge in [-0.1, -0.05) is 33.8 Å². The van der Waals surface area contributed by atoms with Crippen molar-refractivity contribution in [3.8, 4) is 5.75 Å². The Morgan fingerprint density at radius 1 is 1.33 bits per heavy atom. The third kappa shape index (κ3) is 3.52. The number of ether oxygens (including phenoxy) is 1. The van der Waals surface area contributed by atoms with Crippen LogP contribution in [0.5, 0.6) is 5.75 Å². The number of methoxy groups -OCH3 is 1. The molecule has 0 radical (unpaired) electrons. The molecule has 0 aliphatic carbocycles. The molecule has 1 heterocycles. The Morgan fingerprint density at radius 2 is 2.05 bits per heavy atom. The number of nitrogens with zero attached hydrogens (tertiary/aromatic N) is 1. The highest BCUT2D eigenvalue weighted by atomic mass is 16.5. The van der Waals surface area contributed by atoms with Crippen molar-refractivity contribution in [2.24, 2.45) is 5.41 Å². The molecule has 2 unspecified atom stereocenters. The third-order valence-corrected chi connectivity index (χ3v) is 4.58. The molecule has 0 aromatic heterocycles. The molecule has 118 valence electrons. The fourth-order valence-electron chi connectivity index (χ4n) is 3.06. The standard InChI is InChI=1S/C18H30N2O/c1-7-14-11-19-17(18(3,4)5)12-20(14)15-10-13(2)8-9-16(15)21-6/h8-10,14,17,19H,7,11-12H2,1-6H3. The zero-order chi connectivity index (χ0) is 15.6. The quantitative estimate of drug-likeness (QED) is 0.920. The maximum Gasteiger partial charge on any atom is 0.142 e. The van der Waals surface area contributed by atoms with Gasteiger partial charge in [-0.3, -0.25) is 0 Å². The lowest BCUT2D eigenvalue weighted by atomic mass is 9.84. The molecular formula is C18H30N2O. The highest BCUT2D eigenvalue weighted by Crippen LogP contribution is 2.34. The second-order valence-corrected chi connectivity index (χ2v) is 7.22. The van der Waals surface area contributed by atoms with Gasteiger partial charge in [-0.05, 0) is 36.5 Å². The van der Waals surface area contributed by atoms with Crippen LogP contribution in [0.2, 0.25) is 0 Å². The van der Waals surface area contributed by atoms with Crippen LogP contribution >= 0.6 is 0 Å². The van der Waals surface area contributed by atoms with Crippen molar-refractivity contribution < 1.29 is 4.74 Å². The molecule has 0 bridgehead atoms. The first-order valence-electron chi connectivity index (χ1n) is 8.01. The highest BCUT2D eigenvalue weighted by Gasteiger charge is 2.34. The van der Waals surface area contributed by atoms with Crippen molar-refractivity contribution >= 4 is 5.69 Å². The van der Waals surface area contributed by atoms with Gasteiger partial charge in [0.05, 0.1) is 12.8 Å². The van der Waals surface area contributed by atoms with Crippen molar-refractivity contribution in [3.05, 3.63) is 23.8 Å². The van der Waals surface area contributed by atoms with Crippen molar-refractivity contribution in [1.82, 2.24) is 5.32 Å². The average Bonchev–Trinajstić information content (AvgIpc) is 2.45. The van der Waals surface area contributed by atoms with E-state index in [1.54, 1.807) is 7.11 Å². The monoisotopic (exact) mass is 290 g/mol. The number of benzene rings is 1. The first-order chi connectivity index (χ1) is 9.86. The zero-order valence-corrected chi connectivity index (χ0v) is 14.4. The summed E-state index contributed by atoms with van der Waals surface area (Å²) in [4.78, 5) is 2.54. The Balaban J connectivity index is 2.35. The summed E-state index contributed by atoms with van der Waals surface area (Å²) in [6.07, 6.45) is 1.14. The molecule has 1 saturated heterocycles. The molecule has 1 fully saturated rings. The second kappa shape index (κ2) is 6.27. The zero-order valence-electron chi connectivity index (χ0n) is 14.4. The largest absolute Gasteiger partial charge is 0.495 e. The Morgan fingerprint density at radius 3 is 2.62 bits per heavy atom.